The van der Waals surface area contributed by atoms with E-state index in [1.54, 1.807) is 0 Å². The molecule has 21 heavy (non-hydrogen) atoms. The van der Waals surface area contributed by atoms with Crippen molar-refractivity contribution in [1.29, 1.82) is 0 Å². The van der Waals surface area contributed by atoms with Gasteiger partial charge in [0.1, 0.15) is 11.4 Å². The van der Waals surface area contributed by atoms with Gasteiger partial charge in [-0.15, -0.1) is 0 Å². The molecule has 3 N–H and O–H groups in total. The van der Waals surface area contributed by atoms with Crippen LogP contribution in [0.1, 0.15) is 20.7 Å². The van der Waals surface area contributed by atoms with Gasteiger partial charge in [0.15, 0.2) is 5.75 Å². The third-order valence-electron chi connectivity index (χ3n) is 2.69. The summed E-state index contributed by atoms with van der Waals surface area (Å²) in [5, 5.41) is 21.0. The van der Waals surface area contributed by atoms with Gasteiger partial charge in [-0.2, -0.15) is 0 Å². The first kappa shape index (κ1) is 14.8. The molecule has 0 heterocycles. The van der Waals surface area contributed by atoms with Crippen LogP contribution < -0.4 is 5.32 Å². The number of aromatic carboxylic acids is 1. The molecule has 0 saturated heterocycles. The first-order chi connectivity index (χ1) is 9.90. The SMILES string of the molecule is O=C(Nc1cccc(C(=O)O)c1O)c1cc(Cl)ccc1F. The van der Waals surface area contributed by atoms with Crippen LogP contribution >= 0.6 is 11.6 Å². The van der Waals surface area contributed by atoms with Gasteiger partial charge in [0.2, 0.25) is 0 Å². The molecule has 0 aliphatic carbocycles. The summed E-state index contributed by atoms with van der Waals surface area (Å²) >= 11 is 5.69. The number of aromatic hydroxyl groups is 1. The van der Waals surface area contributed by atoms with E-state index in [2.05, 4.69) is 5.32 Å². The second kappa shape index (κ2) is 5.80. The largest absolute Gasteiger partial charge is 0.505 e. The summed E-state index contributed by atoms with van der Waals surface area (Å²) in [4.78, 5) is 22.8. The fraction of sp³-hybridized carbons (Fsp3) is 0. The first-order valence-corrected chi connectivity index (χ1v) is 6.09. The van der Waals surface area contributed by atoms with E-state index in [0.717, 1.165) is 12.1 Å². The van der Waals surface area contributed by atoms with Gasteiger partial charge in [0.25, 0.3) is 5.91 Å². The minimum absolute atomic E-state index is 0.140. The van der Waals surface area contributed by atoms with Crippen molar-refractivity contribution in [1.82, 2.24) is 0 Å². The van der Waals surface area contributed by atoms with Gasteiger partial charge in [0, 0.05) is 5.02 Å². The number of carboxylic acids is 1. The maximum atomic E-state index is 13.6. The molecule has 5 nitrogen and oxygen atoms in total. The van der Waals surface area contributed by atoms with Crippen molar-refractivity contribution < 1.29 is 24.2 Å². The number of hydrogen-bond donors (Lipinski definition) is 3. The number of rotatable bonds is 3. The summed E-state index contributed by atoms with van der Waals surface area (Å²) in [6, 6.07) is 7.26. The third-order valence-corrected chi connectivity index (χ3v) is 2.92. The fourth-order valence-electron chi connectivity index (χ4n) is 1.68. The van der Waals surface area contributed by atoms with Gasteiger partial charge in [-0.1, -0.05) is 17.7 Å². The number of nitrogens with one attached hydrogen (secondary N) is 1. The fourth-order valence-corrected chi connectivity index (χ4v) is 1.85. The Bertz CT molecular complexity index is 733. The Morgan fingerprint density at radius 3 is 2.52 bits per heavy atom. The Balaban J connectivity index is 2.34. The number of anilines is 1. The average Bonchev–Trinajstić information content (AvgIpc) is 2.43. The van der Waals surface area contributed by atoms with Gasteiger partial charge in [-0.3, -0.25) is 4.79 Å². The van der Waals surface area contributed by atoms with E-state index in [4.69, 9.17) is 16.7 Å². The first-order valence-electron chi connectivity index (χ1n) is 5.72. The lowest BCUT2D eigenvalue weighted by molar-refractivity contribution is 0.0693. The van der Waals surface area contributed by atoms with Crippen molar-refractivity contribution in [2.24, 2.45) is 0 Å². The molecule has 0 radical (unpaired) electrons. The highest BCUT2D eigenvalue weighted by atomic mass is 35.5. The van der Waals surface area contributed by atoms with Gasteiger partial charge < -0.3 is 15.5 Å². The van der Waals surface area contributed by atoms with Crippen LogP contribution in [-0.2, 0) is 0 Å². The van der Waals surface area contributed by atoms with Crippen LogP contribution in [0.4, 0.5) is 10.1 Å². The number of amides is 1. The summed E-state index contributed by atoms with van der Waals surface area (Å²) in [5.74, 6) is -3.60. The zero-order chi connectivity index (χ0) is 15.6. The Morgan fingerprint density at radius 1 is 1.14 bits per heavy atom. The van der Waals surface area contributed by atoms with E-state index < -0.39 is 23.4 Å². The molecule has 0 aliphatic rings. The van der Waals surface area contributed by atoms with Gasteiger partial charge in [0.05, 0.1) is 11.3 Å². The van der Waals surface area contributed by atoms with Crippen LogP contribution in [0.15, 0.2) is 36.4 Å². The van der Waals surface area contributed by atoms with Crippen molar-refractivity contribution in [3.8, 4) is 5.75 Å². The maximum absolute atomic E-state index is 13.6. The number of hydrogen-bond acceptors (Lipinski definition) is 3. The van der Waals surface area contributed by atoms with E-state index in [-0.39, 0.29) is 21.8 Å². The van der Waals surface area contributed by atoms with Crippen molar-refractivity contribution in [3.05, 3.63) is 58.4 Å². The van der Waals surface area contributed by atoms with E-state index >= 15 is 0 Å². The summed E-state index contributed by atoms with van der Waals surface area (Å²) in [6.07, 6.45) is 0. The molecule has 7 heteroatoms. The van der Waals surface area contributed by atoms with Crippen LogP contribution in [-0.4, -0.2) is 22.1 Å². The molecule has 2 aromatic rings. The molecular formula is C14H9ClFNO4. The summed E-state index contributed by atoms with van der Waals surface area (Å²) in [7, 11) is 0. The van der Waals surface area contributed by atoms with Crippen molar-refractivity contribution in [3.63, 3.8) is 0 Å². The Hall–Kier alpha value is -2.60. The predicted octanol–water partition coefficient (Wildman–Crippen LogP) is 3.14. The molecule has 0 fully saturated rings. The van der Waals surface area contributed by atoms with Gasteiger partial charge in [-0.25, -0.2) is 9.18 Å². The molecule has 0 atom stereocenters. The Morgan fingerprint density at radius 2 is 1.86 bits per heavy atom. The summed E-state index contributed by atoms with van der Waals surface area (Å²) < 4.78 is 13.6. The van der Waals surface area contributed by atoms with Crippen LogP contribution in [0.25, 0.3) is 0 Å². The maximum Gasteiger partial charge on any atom is 0.339 e. The molecule has 0 saturated carbocycles. The lowest BCUT2D eigenvalue weighted by Crippen LogP contribution is -2.14. The third kappa shape index (κ3) is 3.11. The normalized spacial score (nSPS) is 10.2. The molecule has 0 unspecified atom stereocenters. The van der Waals surface area contributed by atoms with Crippen molar-refractivity contribution in [2.45, 2.75) is 0 Å². The van der Waals surface area contributed by atoms with E-state index in [1.807, 2.05) is 0 Å². The van der Waals surface area contributed by atoms with Gasteiger partial charge in [-0.05, 0) is 30.3 Å². The molecule has 2 aromatic carbocycles. The highest BCUT2D eigenvalue weighted by molar-refractivity contribution is 6.31. The minimum atomic E-state index is -1.35. The number of halogens is 2. The van der Waals surface area contributed by atoms with Crippen LogP contribution in [0.3, 0.4) is 0 Å². The van der Waals surface area contributed by atoms with Crippen LogP contribution in [0, 0.1) is 5.82 Å². The molecular weight excluding hydrogens is 301 g/mol. The van der Waals surface area contributed by atoms with Crippen LogP contribution in [0.2, 0.25) is 5.02 Å². The minimum Gasteiger partial charge on any atom is -0.505 e. The van der Waals surface area contributed by atoms with Crippen molar-refractivity contribution >= 4 is 29.2 Å². The number of benzene rings is 2. The van der Waals surface area contributed by atoms with E-state index in [0.29, 0.717) is 0 Å². The number of carbonyl (C=O) groups is 2. The summed E-state index contributed by atoms with van der Waals surface area (Å²) in [6.45, 7) is 0. The summed E-state index contributed by atoms with van der Waals surface area (Å²) in [5.41, 5.74) is -0.832. The van der Waals surface area contributed by atoms with E-state index in [1.165, 1.54) is 24.3 Å². The second-order valence-corrected chi connectivity index (χ2v) is 4.52. The molecule has 0 bridgehead atoms. The monoisotopic (exact) mass is 309 g/mol. The highest BCUT2D eigenvalue weighted by Gasteiger charge is 2.17. The number of carboxylic acid groups (broad SMARTS) is 1. The molecule has 108 valence electrons. The number of phenols is 1. The quantitative estimate of drug-likeness (QED) is 0.760. The molecule has 2 rings (SSSR count). The second-order valence-electron chi connectivity index (χ2n) is 4.09. The molecule has 0 aliphatic heterocycles. The number of para-hydroxylation sites is 1. The predicted molar refractivity (Wildman–Crippen MR) is 74.4 cm³/mol. The van der Waals surface area contributed by atoms with E-state index in [9.17, 15) is 19.1 Å². The van der Waals surface area contributed by atoms with Crippen molar-refractivity contribution in [2.75, 3.05) is 5.32 Å². The Kier molecular flexibility index (Phi) is 4.09. The Labute approximate surface area is 123 Å². The lowest BCUT2D eigenvalue weighted by atomic mass is 10.1. The number of carbonyl (C=O) groups excluding carboxylic acids is 1. The zero-order valence-corrected chi connectivity index (χ0v) is 11.2. The lowest BCUT2D eigenvalue weighted by Gasteiger charge is -2.09. The van der Waals surface area contributed by atoms with Crippen LogP contribution in [0.5, 0.6) is 5.75 Å². The highest BCUT2D eigenvalue weighted by Crippen LogP contribution is 2.28. The zero-order valence-electron chi connectivity index (χ0n) is 10.4. The average molecular weight is 310 g/mol. The molecule has 0 spiro atoms. The standard InChI is InChI=1S/C14H9ClFNO4/c15-7-4-5-10(16)9(6-7)13(19)17-11-3-1-2-8(12(11)18)14(20)21/h1-6,18H,(H,17,19)(H,20,21). The smallest absolute Gasteiger partial charge is 0.339 e. The topological polar surface area (TPSA) is 86.6 Å². The van der Waals surface area contributed by atoms with Gasteiger partial charge >= 0.3 is 5.97 Å². The molecule has 0 aromatic heterocycles. The molecule has 1 amide bonds.